The zero-order valence-electron chi connectivity index (χ0n) is 5.31. The standard InChI is InChI=1S/C6H13NO/c1-6-2-4-7-8-5-3-6/h6-7H,2-5H2,1H3. The Morgan fingerprint density at radius 1 is 1.50 bits per heavy atom. The molecule has 1 fully saturated rings. The van der Waals surface area contributed by atoms with Gasteiger partial charge in [-0.1, -0.05) is 6.92 Å². The molecule has 0 saturated carbocycles. The molecule has 0 bridgehead atoms. The van der Waals surface area contributed by atoms with E-state index >= 15 is 0 Å². The first-order valence-corrected chi connectivity index (χ1v) is 3.24. The summed E-state index contributed by atoms with van der Waals surface area (Å²) in [6.45, 7) is 4.15. The fraction of sp³-hybridized carbons (Fsp3) is 1.00. The molecule has 1 atom stereocenters. The van der Waals surface area contributed by atoms with Crippen LogP contribution in [-0.4, -0.2) is 13.2 Å². The molecular weight excluding hydrogens is 102 g/mol. The van der Waals surface area contributed by atoms with Gasteiger partial charge in [0.15, 0.2) is 0 Å². The third kappa shape index (κ3) is 1.80. The van der Waals surface area contributed by atoms with E-state index in [4.69, 9.17) is 4.84 Å². The second-order valence-corrected chi connectivity index (χ2v) is 2.43. The van der Waals surface area contributed by atoms with Crippen molar-refractivity contribution in [3.8, 4) is 0 Å². The van der Waals surface area contributed by atoms with E-state index < -0.39 is 0 Å². The van der Waals surface area contributed by atoms with Crippen molar-refractivity contribution in [1.29, 1.82) is 0 Å². The van der Waals surface area contributed by atoms with Crippen molar-refractivity contribution in [2.45, 2.75) is 19.8 Å². The molecule has 48 valence electrons. The Balaban J connectivity index is 2.17. The molecule has 1 rings (SSSR count). The Bertz CT molecular complexity index is 57.5. The first kappa shape index (κ1) is 6.05. The monoisotopic (exact) mass is 115 g/mol. The number of hydroxylamine groups is 1. The minimum absolute atomic E-state index is 0.838. The largest absolute Gasteiger partial charge is 0.302 e. The Morgan fingerprint density at radius 2 is 2.38 bits per heavy atom. The molecular formula is C6H13NO. The Hall–Kier alpha value is -0.0800. The second kappa shape index (κ2) is 3.05. The molecule has 1 heterocycles. The van der Waals surface area contributed by atoms with Crippen LogP contribution in [0.1, 0.15) is 19.8 Å². The minimum Gasteiger partial charge on any atom is -0.302 e. The SMILES string of the molecule is CC1CCNOCC1. The van der Waals surface area contributed by atoms with E-state index in [0.29, 0.717) is 0 Å². The van der Waals surface area contributed by atoms with Crippen LogP contribution in [-0.2, 0) is 4.84 Å². The summed E-state index contributed by atoms with van der Waals surface area (Å²) in [4.78, 5) is 5.01. The van der Waals surface area contributed by atoms with Gasteiger partial charge in [0.25, 0.3) is 0 Å². The topological polar surface area (TPSA) is 21.3 Å². The Morgan fingerprint density at radius 3 is 3.25 bits per heavy atom. The molecule has 1 saturated heterocycles. The van der Waals surface area contributed by atoms with Gasteiger partial charge in [0.05, 0.1) is 6.61 Å². The van der Waals surface area contributed by atoms with Crippen molar-refractivity contribution >= 4 is 0 Å². The van der Waals surface area contributed by atoms with Crippen LogP contribution in [0.2, 0.25) is 0 Å². The van der Waals surface area contributed by atoms with Crippen LogP contribution in [0.5, 0.6) is 0 Å². The summed E-state index contributed by atoms with van der Waals surface area (Å²) in [5.41, 5.74) is 2.88. The highest BCUT2D eigenvalue weighted by Gasteiger charge is 2.04. The lowest BCUT2D eigenvalue weighted by Gasteiger charge is -2.00. The lowest BCUT2D eigenvalue weighted by atomic mass is 10.1. The van der Waals surface area contributed by atoms with Crippen LogP contribution in [0, 0.1) is 5.92 Å². The van der Waals surface area contributed by atoms with Crippen molar-refractivity contribution in [2.24, 2.45) is 5.92 Å². The molecule has 1 N–H and O–H groups in total. The zero-order chi connectivity index (χ0) is 5.82. The second-order valence-electron chi connectivity index (χ2n) is 2.43. The van der Waals surface area contributed by atoms with Crippen LogP contribution in [0.25, 0.3) is 0 Å². The lowest BCUT2D eigenvalue weighted by Crippen LogP contribution is -2.12. The van der Waals surface area contributed by atoms with Crippen LogP contribution in [0.4, 0.5) is 0 Å². The van der Waals surface area contributed by atoms with Crippen LogP contribution in [0.15, 0.2) is 0 Å². The van der Waals surface area contributed by atoms with Crippen LogP contribution >= 0.6 is 0 Å². The highest BCUT2D eigenvalue weighted by molar-refractivity contribution is 4.55. The predicted molar refractivity (Wildman–Crippen MR) is 32.4 cm³/mol. The average molecular weight is 115 g/mol. The van der Waals surface area contributed by atoms with Gasteiger partial charge in [0.2, 0.25) is 0 Å². The summed E-state index contributed by atoms with van der Waals surface area (Å²) in [6, 6.07) is 0. The van der Waals surface area contributed by atoms with Gasteiger partial charge in [-0.15, -0.1) is 0 Å². The van der Waals surface area contributed by atoms with E-state index in [0.717, 1.165) is 19.1 Å². The summed E-state index contributed by atoms with van der Waals surface area (Å²) >= 11 is 0. The van der Waals surface area contributed by atoms with Crippen molar-refractivity contribution in [1.82, 2.24) is 5.48 Å². The molecule has 0 aromatic carbocycles. The molecule has 2 heteroatoms. The number of nitrogens with one attached hydrogen (secondary N) is 1. The van der Waals surface area contributed by atoms with E-state index in [-0.39, 0.29) is 0 Å². The molecule has 0 amide bonds. The van der Waals surface area contributed by atoms with Crippen molar-refractivity contribution in [3.05, 3.63) is 0 Å². The molecule has 1 aliphatic rings. The van der Waals surface area contributed by atoms with Gasteiger partial charge in [-0.05, 0) is 18.8 Å². The maximum atomic E-state index is 5.01. The van der Waals surface area contributed by atoms with Gasteiger partial charge in [0, 0.05) is 6.54 Å². The fourth-order valence-corrected chi connectivity index (χ4v) is 0.854. The normalized spacial score (nSPS) is 31.9. The van der Waals surface area contributed by atoms with Crippen molar-refractivity contribution in [2.75, 3.05) is 13.2 Å². The summed E-state index contributed by atoms with van der Waals surface area (Å²) in [5.74, 6) is 0.838. The summed E-state index contributed by atoms with van der Waals surface area (Å²) < 4.78 is 0. The maximum Gasteiger partial charge on any atom is 0.0684 e. The number of hydrogen-bond acceptors (Lipinski definition) is 2. The van der Waals surface area contributed by atoms with Gasteiger partial charge in [0.1, 0.15) is 0 Å². The lowest BCUT2D eigenvalue weighted by molar-refractivity contribution is 0.0515. The molecule has 2 nitrogen and oxygen atoms in total. The molecule has 0 aromatic heterocycles. The van der Waals surface area contributed by atoms with Gasteiger partial charge in [-0.25, -0.2) is 5.48 Å². The Labute approximate surface area is 50.2 Å². The summed E-state index contributed by atoms with van der Waals surface area (Å²) in [6.07, 6.45) is 2.45. The first-order chi connectivity index (χ1) is 3.89. The fourth-order valence-electron chi connectivity index (χ4n) is 0.854. The van der Waals surface area contributed by atoms with Crippen molar-refractivity contribution in [3.63, 3.8) is 0 Å². The summed E-state index contributed by atoms with van der Waals surface area (Å²) in [5, 5.41) is 0. The van der Waals surface area contributed by atoms with E-state index in [1.165, 1.54) is 12.8 Å². The van der Waals surface area contributed by atoms with E-state index in [9.17, 15) is 0 Å². The highest BCUT2D eigenvalue weighted by atomic mass is 16.6. The predicted octanol–water partition coefficient (Wildman–Crippen LogP) is 0.938. The van der Waals surface area contributed by atoms with Crippen molar-refractivity contribution < 1.29 is 4.84 Å². The molecule has 8 heavy (non-hydrogen) atoms. The van der Waals surface area contributed by atoms with Crippen LogP contribution < -0.4 is 5.48 Å². The van der Waals surface area contributed by atoms with E-state index in [1.54, 1.807) is 0 Å². The zero-order valence-corrected chi connectivity index (χ0v) is 5.31. The number of rotatable bonds is 0. The van der Waals surface area contributed by atoms with Gasteiger partial charge in [-0.2, -0.15) is 0 Å². The molecule has 0 aliphatic carbocycles. The third-order valence-electron chi connectivity index (χ3n) is 1.55. The van der Waals surface area contributed by atoms with Gasteiger partial charge < -0.3 is 4.84 Å². The molecule has 1 aliphatic heterocycles. The molecule has 0 radical (unpaired) electrons. The smallest absolute Gasteiger partial charge is 0.0684 e. The summed E-state index contributed by atoms with van der Waals surface area (Å²) in [7, 11) is 0. The van der Waals surface area contributed by atoms with Crippen LogP contribution in [0.3, 0.4) is 0 Å². The number of hydrogen-bond donors (Lipinski definition) is 1. The Kier molecular flexibility index (Phi) is 2.30. The van der Waals surface area contributed by atoms with Gasteiger partial charge >= 0.3 is 0 Å². The quantitative estimate of drug-likeness (QED) is 0.507. The minimum atomic E-state index is 0.838. The molecule has 1 unspecified atom stereocenters. The molecule has 0 aromatic rings. The first-order valence-electron chi connectivity index (χ1n) is 3.24. The van der Waals surface area contributed by atoms with Gasteiger partial charge in [-0.3, -0.25) is 0 Å². The molecule has 0 spiro atoms. The van der Waals surface area contributed by atoms with E-state index in [1.807, 2.05) is 0 Å². The highest BCUT2D eigenvalue weighted by Crippen LogP contribution is 2.07. The third-order valence-corrected chi connectivity index (χ3v) is 1.55. The average Bonchev–Trinajstić information content (AvgIpc) is 1.94. The maximum absolute atomic E-state index is 5.01. The van der Waals surface area contributed by atoms with E-state index in [2.05, 4.69) is 12.4 Å².